The van der Waals surface area contributed by atoms with Crippen LogP contribution in [0.3, 0.4) is 0 Å². The Kier molecular flexibility index (Phi) is 4.13. The average molecular weight is 333 g/mol. The zero-order valence-corrected chi connectivity index (χ0v) is 12.6. The summed E-state index contributed by atoms with van der Waals surface area (Å²) in [6.45, 7) is 0.176. The van der Waals surface area contributed by atoms with Crippen LogP contribution in [-0.2, 0) is 22.3 Å². The lowest BCUT2D eigenvalue weighted by atomic mass is 9.96. The lowest BCUT2D eigenvalue weighted by Crippen LogP contribution is -2.29. The van der Waals surface area contributed by atoms with Crippen LogP contribution in [0.4, 0.5) is 13.2 Å². The molecule has 3 nitrogen and oxygen atoms in total. The summed E-state index contributed by atoms with van der Waals surface area (Å²) in [4.78, 5) is 25.8. The lowest BCUT2D eigenvalue weighted by molar-refractivity contribution is -0.139. The molecule has 6 heteroatoms. The van der Waals surface area contributed by atoms with Gasteiger partial charge in [0.25, 0.3) is 0 Å². The van der Waals surface area contributed by atoms with Gasteiger partial charge >= 0.3 is 6.18 Å². The van der Waals surface area contributed by atoms with E-state index in [1.54, 1.807) is 0 Å². The Bertz CT molecular complexity index is 754. The van der Waals surface area contributed by atoms with Gasteiger partial charge in [0.1, 0.15) is 0 Å². The molecule has 0 spiro atoms. The van der Waals surface area contributed by atoms with Gasteiger partial charge in [-0.15, -0.1) is 0 Å². The SMILES string of the molecule is O=C1CC(c2ccc(C(F)(F)F)cc2)C(=O)N1Cc1ccccc1. The summed E-state index contributed by atoms with van der Waals surface area (Å²) in [6, 6.07) is 13.5. The van der Waals surface area contributed by atoms with Gasteiger partial charge in [-0.1, -0.05) is 42.5 Å². The Labute approximate surface area is 136 Å². The quantitative estimate of drug-likeness (QED) is 0.802. The fourth-order valence-corrected chi connectivity index (χ4v) is 2.78. The van der Waals surface area contributed by atoms with Crippen molar-refractivity contribution in [1.82, 2.24) is 4.90 Å². The number of rotatable bonds is 3. The van der Waals surface area contributed by atoms with Gasteiger partial charge in [0, 0.05) is 6.42 Å². The second-order valence-corrected chi connectivity index (χ2v) is 5.68. The van der Waals surface area contributed by atoms with Crippen LogP contribution in [0.15, 0.2) is 54.6 Å². The summed E-state index contributed by atoms with van der Waals surface area (Å²) in [5.74, 6) is -1.40. The molecule has 1 heterocycles. The summed E-state index contributed by atoms with van der Waals surface area (Å²) < 4.78 is 37.8. The van der Waals surface area contributed by atoms with Crippen molar-refractivity contribution in [3.05, 3.63) is 71.3 Å². The molecule has 3 rings (SSSR count). The molecule has 1 aliphatic heterocycles. The monoisotopic (exact) mass is 333 g/mol. The fraction of sp³-hybridized carbons (Fsp3) is 0.222. The maximum atomic E-state index is 12.6. The maximum Gasteiger partial charge on any atom is 0.416 e. The molecule has 0 radical (unpaired) electrons. The number of amides is 2. The van der Waals surface area contributed by atoms with Gasteiger partial charge in [-0.25, -0.2) is 0 Å². The number of hydrogen-bond acceptors (Lipinski definition) is 2. The van der Waals surface area contributed by atoms with Crippen molar-refractivity contribution in [1.29, 1.82) is 0 Å². The van der Waals surface area contributed by atoms with Gasteiger partial charge in [0.2, 0.25) is 11.8 Å². The molecule has 1 saturated heterocycles. The van der Waals surface area contributed by atoms with Gasteiger partial charge in [0.05, 0.1) is 18.0 Å². The largest absolute Gasteiger partial charge is 0.416 e. The Morgan fingerprint density at radius 2 is 1.58 bits per heavy atom. The highest BCUT2D eigenvalue weighted by molar-refractivity contribution is 6.06. The Morgan fingerprint density at radius 3 is 2.17 bits per heavy atom. The van der Waals surface area contributed by atoms with E-state index in [2.05, 4.69) is 0 Å². The zero-order chi connectivity index (χ0) is 17.3. The second-order valence-electron chi connectivity index (χ2n) is 5.68. The van der Waals surface area contributed by atoms with Gasteiger partial charge in [-0.05, 0) is 23.3 Å². The number of halogens is 3. The van der Waals surface area contributed by atoms with Crippen molar-refractivity contribution in [2.24, 2.45) is 0 Å². The minimum atomic E-state index is -4.42. The zero-order valence-electron chi connectivity index (χ0n) is 12.6. The first-order chi connectivity index (χ1) is 11.4. The molecule has 2 aromatic rings. The number of alkyl halides is 3. The molecule has 1 atom stereocenters. The second kappa shape index (κ2) is 6.11. The molecule has 1 fully saturated rings. The van der Waals surface area contributed by atoms with E-state index in [1.807, 2.05) is 30.3 Å². The standard InChI is InChI=1S/C18H14F3NO2/c19-18(20,21)14-8-6-13(7-9-14)15-10-16(23)22(17(15)24)11-12-4-2-1-3-5-12/h1-9,15H,10-11H2. The highest BCUT2D eigenvalue weighted by Gasteiger charge is 2.39. The molecule has 0 aliphatic carbocycles. The first-order valence-electron chi connectivity index (χ1n) is 7.41. The number of likely N-dealkylation sites (tertiary alicyclic amines) is 1. The van der Waals surface area contributed by atoms with Crippen LogP contribution in [0.1, 0.15) is 29.0 Å². The summed E-state index contributed by atoms with van der Waals surface area (Å²) in [6.07, 6.45) is -4.44. The molecule has 0 saturated carbocycles. The number of carbonyl (C=O) groups is 2. The van der Waals surface area contributed by atoms with Gasteiger partial charge in [-0.2, -0.15) is 13.2 Å². The highest BCUT2D eigenvalue weighted by Crippen LogP contribution is 2.34. The molecule has 0 aromatic heterocycles. The predicted molar refractivity (Wildman–Crippen MR) is 80.8 cm³/mol. The molecule has 2 amide bonds. The van der Waals surface area contributed by atoms with Crippen LogP contribution < -0.4 is 0 Å². The molecule has 24 heavy (non-hydrogen) atoms. The summed E-state index contributed by atoms with van der Waals surface area (Å²) in [7, 11) is 0. The van der Waals surface area contributed by atoms with E-state index >= 15 is 0 Å². The predicted octanol–water partition coefficient (Wildman–Crippen LogP) is 3.75. The first kappa shape index (κ1) is 16.2. The third kappa shape index (κ3) is 3.18. The van der Waals surface area contributed by atoms with Gasteiger partial charge in [0.15, 0.2) is 0 Å². The molecular formula is C18H14F3NO2. The number of imide groups is 1. The molecule has 1 aliphatic rings. The van der Waals surface area contributed by atoms with Crippen molar-refractivity contribution in [3.8, 4) is 0 Å². The van der Waals surface area contributed by atoms with Crippen LogP contribution in [0.2, 0.25) is 0 Å². The smallest absolute Gasteiger partial charge is 0.278 e. The van der Waals surface area contributed by atoms with E-state index in [1.165, 1.54) is 12.1 Å². The highest BCUT2D eigenvalue weighted by atomic mass is 19.4. The van der Waals surface area contributed by atoms with E-state index in [0.29, 0.717) is 5.56 Å². The van der Waals surface area contributed by atoms with Crippen molar-refractivity contribution >= 4 is 11.8 Å². The molecule has 1 unspecified atom stereocenters. The first-order valence-corrected chi connectivity index (χ1v) is 7.41. The molecule has 2 aromatic carbocycles. The number of nitrogens with zero attached hydrogens (tertiary/aromatic N) is 1. The number of hydrogen-bond donors (Lipinski definition) is 0. The summed E-state index contributed by atoms with van der Waals surface area (Å²) >= 11 is 0. The van der Waals surface area contributed by atoms with Gasteiger partial charge in [-0.3, -0.25) is 14.5 Å². The summed E-state index contributed by atoms with van der Waals surface area (Å²) in [5.41, 5.74) is 0.480. The van der Waals surface area contributed by atoms with Crippen molar-refractivity contribution in [3.63, 3.8) is 0 Å². The van der Waals surface area contributed by atoms with Crippen LogP contribution >= 0.6 is 0 Å². The minimum absolute atomic E-state index is 0.0168. The molecular weight excluding hydrogens is 319 g/mol. The van der Waals surface area contributed by atoms with Crippen molar-refractivity contribution in [2.45, 2.75) is 25.1 Å². The van der Waals surface area contributed by atoms with Crippen molar-refractivity contribution < 1.29 is 22.8 Å². The summed E-state index contributed by atoms with van der Waals surface area (Å²) in [5, 5.41) is 0. The Morgan fingerprint density at radius 1 is 0.958 bits per heavy atom. The lowest BCUT2D eigenvalue weighted by Gasteiger charge is -2.15. The van der Waals surface area contributed by atoms with E-state index < -0.39 is 17.7 Å². The molecule has 0 bridgehead atoms. The van der Waals surface area contributed by atoms with E-state index in [0.717, 1.165) is 22.6 Å². The van der Waals surface area contributed by atoms with Crippen LogP contribution in [0.25, 0.3) is 0 Å². The topological polar surface area (TPSA) is 37.4 Å². The number of benzene rings is 2. The maximum absolute atomic E-state index is 12.6. The number of carbonyl (C=O) groups excluding carboxylic acids is 2. The Hall–Kier alpha value is -2.63. The normalized spacial score (nSPS) is 18.3. The van der Waals surface area contributed by atoms with Gasteiger partial charge < -0.3 is 0 Å². The molecule has 124 valence electrons. The molecule has 0 N–H and O–H groups in total. The van der Waals surface area contributed by atoms with E-state index in [-0.39, 0.29) is 24.8 Å². The van der Waals surface area contributed by atoms with E-state index in [9.17, 15) is 22.8 Å². The van der Waals surface area contributed by atoms with Crippen LogP contribution in [-0.4, -0.2) is 16.7 Å². The third-order valence-corrected chi connectivity index (χ3v) is 4.07. The van der Waals surface area contributed by atoms with Crippen LogP contribution in [0.5, 0.6) is 0 Å². The van der Waals surface area contributed by atoms with Crippen LogP contribution in [0, 0.1) is 0 Å². The Balaban J connectivity index is 1.78. The average Bonchev–Trinajstić information content (AvgIpc) is 2.83. The minimum Gasteiger partial charge on any atom is -0.278 e. The fourth-order valence-electron chi connectivity index (χ4n) is 2.78. The van der Waals surface area contributed by atoms with E-state index in [4.69, 9.17) is 0 Å². The third-order valence-electron chi connectivity index (χ3n) is 4.07. The van der Waals surface area contributed by atoms with Crippen molar-refractivity contribution in [2.75, 3.05) is 0 Å².